The highest BCUT2D eigenvalue weighted by molar-refractivity contribution is 5.71. The van der Waals surface area contributed by atoms with Gasteiger partial charge >= 0.3 is 5.97 Å². The summed E-state index contributed by atoms with van der Waals surface area (Å²) >= 11 is 0. The molecule has 0 aliphatic carbocycles. The molecule has 0 fully saturated rings. The summed E-state index contributed by atoms with van der Waals surface area (Å²) in [5.41, 5.74) is 0.915. The highest BCUT2D eigenvalue weighted by Gasteiger charge is 2.10. The molecule has 0 aliphatic heterocycles. The van der Waals surface area contributed by atoms with Crippen LogP contribution >= 0.6 is 0 Å². The quantitative estimate of drug-likeness (QED) is 0.616. The predicted octanol–water partition coefficient (Wildman–Crippen LogP) is 1.44. The largest absolute Gasteiger partial charge is 0.479 e. The molecule has 0 saturated heterocycles. The molecule has 64 valence electrons. The average molecular weight is 158 g/mol. The van der Waals surface area contributed by atoms with Gasteiger partial charge in [-0.15, -0.1) is 0 Å². The first-order valence-corrected chi connectivity index (χ1v) is 3.59. The number of hydrogen-bond acceptors (Lipinski definition) is 2. The molecule has 0 radical (unpaired) electrons. The first kappa shape index (κ1) is 10.2. The first-order chi connectivity index (χ1) is 5.07. The van der Waals surface area contributed by atoms with E-state index in [-0.39, 0.29) is 0 Å². The van der Waals surface area contributed by atoms with Crippen LogP contribution in [0.5, 0.6) is 0 Å². The number of carbonyl (C=O) groups is 1. The molecule has 0 bridgehead atoms. The van der Waals surface area contributed by atoms with Gasteiger partial charge in [-0.3, -0.25) is 0 Å². The third kappa shape index (κ3) is 4.56. The Morgan fingerprint density at radius 1 is 1.73 bits per heavy atom. The molecule has 0 amide bonds. The van der Waals surface area contributed by atoms with Gasteiger partial charge in [0.05, 0.1) is 6.61 Å². The minimum atomic E-state index is -0.936. The van der Waals surface area contributed by atoms with Crippen LogP contribution in [0.2, 0.25) is 0 Å². The molecule has 0 rings (SSSR count). The molecule has 0 unspecified atom stereocenters. The van der Waals surface area contributed by atoms with Crippen LogP contribution in [0.25, 0.3) is 0 Å². The Morgan fingerprint density at radius 2 is 2.27 bits per heavy atom. The Kier molecular flexibility index (Phi) is 4.54. The van der Waals surface area contributed by atoms with Crippen molar-refractivity contribution >= 4 is 5.97 Å². The van der Waals surface area contributed by atoms with E-state index in [1.807, 2.05) is 6.92 Å². The fourth-order valence-electron chi connectivity index (χ4n) is 0.416. The van der Waals surface area contributed by atoms with E-state index in [2.05, 4.69) is 6.58 Å². The minimum Gasteiger partial charge on any atom is -0.479 e. The van der Waals surface area contributed by atoms with E-state index in [0.717, 1.165) is 12.0 Å². The molecule has 1 N–H and O–H groups in total. The molecule has 0 aromatic heterocycles. The van der Waals surface area contributed by atoms with Crippen molar-refractivity contribution in [3.8, 4) is 0 Å². The van der Waals surface area contributed by atoms with E-state index in [9.17, 15) is 4.79 Å². The topological polar surface area (TPSA) is 46.5 Å². The summed E-state index contributed by atoms with van der Waals surface area (Å²) in [5, 5.41) is 8.41. The summed E-state index contributed by atoms with van der Waals surface area (Å²) < 4.78 is 4.96. The van der Waals surface area contributed by atoms with E-state index in [1.165, 1.54) is 6.92 Å². The van der Waals surface area contributed by atoms with Crippen LogP contribution in [0.1, 0.15) is 20.3 Å². The van der Waals surface area contributed by atoms with Crippen LogP contribution in [-0.4, -0.2) is 23.8 Å². The number of carboxylic acids is 1. The van der Waals surface area contributed by atoms with Gasteiger partial charge in [0, 0.05) is 0 Å². The van der Waals surface area contributed by atoms with E-state index in [4.69, 9.17) is 9.84 Å². The molecule has 0 aliphatic rings. The summed E-state index contributed by atoms with van der Waals surface area (Å²) in [7, 11) is 0. The molecular weight excluding hydrogens is 144 g/mol. The van der Waals surface area contributed by atoms with Gasteiger partial charge in [-0.1, -0.05) is 19.1 Å². The molecule has 0 spiro atoms. The summed E-state index contributed by atoms with van der Waals surface area (Å²) in [6, 6.07) is 0. The zero-order valence-electron chi connectivity index (χ0n) is 6.96. The Labute approximate surface area is 66.7 Å². The lowest BCUT2D eigenvalue weighted by atomic mass is 10.2. The van der Waals surface area contributed by atoms with Crippen molar-refractivity contribution in [1.29, 1.82) is 0 Å². The third-order valence-corrected chi connectivity index (χ3v) is 1.39. The Morgan fingerprint density at radius 3 is 2.64 bits per heavy atom. The van der Waals surface area contributed by atoms with Gasteiger partial charge < -0.3 is 9.84 Å². The van der Waals surface area contributed by atoms with Crippen LogP contribution < -0.4 is 0 Å². The number of carboxylic acid groups (broad SMARTS) is 1. The average Bonchev–Trinajstić information content (AvgIpc) is 1.99. The normalized spacial score (nSPS) is 12.5. The highest BCUT2D eigenvalue weighted by Crippen LogP contribution is 1.99. The van der Waals surface area contributed by atoms with Crippen LogP contribution in [-0.2, 0) is 9.53 Å². The van der Waals surface area contributed by atoms with Gasteiger partial charge in [0.1, 0.15) is 0 Å². The van der Waals surface area contributed by atoms with E-state index in [0.29, 0.717) is 6.61 Å². The summed E-state index contributed by atoms with van der Waals surface area (Å²) in [6.07, 6.45) is 0.0880. The second-order valence-corrected chi connectivity index (χ2v) is 2.40. The first-order valence-electron chi connectivity index (χ1n) is 3.59. The fraction of sp³-hybridized carbons (Fsp3) is 0.625. The molecule has 0 saturated carbocycles. The minimum absolute atomic E-state index is 0.337. The lowest BCUT2D eigenvalue weighted by Gasteiger charge is -2.08. The second-order valence-electron chi connectivity index (χ2n) is 2.40. The van der Waals surface area contributed by atoms with Crippen molar-refractivity contribution in [3.63, 3.8) is 0 Å². The van der Waals surface area contributed by atoms with Crippen molar-refractivity contribution in [1.82, 2.24) is 0 Å². The van der Waals surface area contributed by atoms with Gasteiger partial charge in [-0.2, -0.15) is 0 Å². The zero-order chi connectivity index (χ0) is 8.85. The van der Waals surface area contributed by atoms with Crippen LogP contribution in [0.15, 0.2) is 12.2 Å². The third-order valence-electron chi connectivity index (χ3n) is 1.39. The smallest absolute Gasteiger partial charge is 0.332 e. The SMILES string of the molecule is C=C(CC)CO[C@H](C)C(=O)O. The Hall–Kier alpha value is -0.830. The van der Waals surface area contributed by atoms with Crippen molar-refractivity contribution in [2.24, 2.45) is 0 Å². The molecule has 0 aromatic carbocycles. The number of hydrogen-bond donors (Lipinski definition) is 1. The monoisotopic (exact) mass is 158 g/mol. The van der Waals surface area contributed by atoms with Crippen LogP contribution in [0.3, 0.4) is 0 Å². The maximum Gasteiger partial charge on any atom is 0.332 e. The van der Waals surface area contributed by atoms with Gasteiger partial charge in [-0.05, 0) is 13.3 Å². The summed E-state index contributed by atoms with van der Waals surface area (Å²) in [4.78, 5) is 10.2. The van der Waals surface area contributed by atoms with Crippen LogP contribution in [0.4, 0.5) is 0 Å². The predicted molar refractivity (Wildman–Crippen MR) is 42.5 cm³/mol. The summed E-state index contributed by atoms with van der Waals surface area (Å²) in [6.45, 7) is 7.48. The van der Waals surface area contributed by atoms with E-state index >= 15 is 0 Å². The van der Waals surface area contributed by atoms with Gasteiger partial charge in [0.15, 0.2) is 6.10 Å². The molecule has 3 heteroatoms. The molecule has 0 aromatic rings. The molecule has 0 heterocycles. The van der Waals surface area contributed by atoms with E-state index < -0.39 is 12.1 Å². The van der Waals surface area contributed by atoms with Crippen molar-refractivity contribution in [2.45, 2.75) is 26.4 Å². The van der Waals surface area contributed by atoms with E-state index in [1.54, 1.807) is 0 Å². The molecule has 1 atom stereocenters. The lowest BCUT2D eigenvalue weighted by Crippen LogP contribution is -2.20. The Balaban J connectivity index is 3.54. The van der Waals surface area contributed by atoms with Crippen molar-refractivity contribution in [3.05, 3.63) is 12.2 Å². The number of ether oxygens (including phenoxy) is 1. The second kappa shape index (κ2) is 4.91. The fourth-order valence-corrected chi connectivity index (χ4v) is 0.416. The Bertz CT molecular complexity index is 151. The maximum absolute atomic E-state index is 10.2. The number of rotatable bonds is 5. The number of aliphatic carboxylic acids is 1. The lowest BCUT2D eigenvalue weighted by molar-refractivity contribution is -0.148. The van der Waals surface area contributed by atoms with Gasteiger partial charge in [-0.25, -0.2) is 4.79 Å². The standard InChI is InChI=1S/C8H14O3/c1-4-6(2)5-11-7(3)8(9)10/h7H,2,4-5H2,1,3H3,(H,9,10)/t7-/m1/s1. The zero-order valence-corrected chi connectivity index (χ0v) is 6.96. The van der Waals surface area contributed by atoms with Gasteiger partial charge in [0.25, 0.3) is 0 Å². The highest BCUT2D eigenvalue weighted by atomic mass is 16.5. The summed E-state index contributed by atoms with van der Waals surface area (Å²) in [5.74, 6) is -0.936. The maximum atomic E-state index is 10.2. The van der Waals surface area contributed by atoms with Crippen molar-refractivity contribution in [2.75, 3.05) is 6.61 Å². The molecular formula is C8H14O3. The molecule has 3 nitrogen and oxygen atoms in total. The van der Waals surface area contributed by atoms with Gasteiger partial charge in [0.2, 0.25) is 0 Å². The van der Waals surface area contributed by atoms with Crippen LogP contribution in [0, 0.1) is 0 Å². The van der Waals surface area contributed by atoms with Crippen molar-refractivity contribution < 1.29 is 14.6 Å². The molecule has 11 heavy (non-hydrogen) atoms.